The maximum atomic E-state index is 11.4. The molecule has 6 heteroatoms. The average Bonchev–Trinajstić information content (AvgIpc) is 2.61. The minimum atomic E-state index is -0.297. The van der Waals surface area contributed by atoms with E-state index in [4.69, 9.17) is 0 Å². The third-order valence-electron chi connectivity index (χ3n) is 2.67. The van der Waals surface area contributed by atoms with Crippen LogP contribution in [0.1, 0.15) is 31.9 Å². The van der Waals surface area contributed by atoms with Gasteiger partial charge >= 0.3 is 5.69 Å². The summed E-state index contributed by atoms with van der Waals surface area (Å²) >= 11 is 3.56. The predicted molar refractivity (Wildman–Crippen MR) is 65.0 cm³/mol. The zero-order chi connectivity index (χ0) is 11.7. The maximum Gasteiger partial charge on any atom is 0.364 e. The van der Waals surface area contributed by atoms with E-state index in [9.17, 15) is 4.79 Å². The van der Waals surface area contributed by atoms with Crippen LogP contribution in [0.15, 0.2) is 16.9 Å². The van der Waals surface area contributed by atoms with Gasteiger partial charge in [-0.3, -0.25) is 0 Å². The Morgan fingerprint density at radius 2 is 2.31 bits per heavy atom. The molecule has 0 fully saturated rings. The monoisotopic (exact) mass is 284 g/mol. The van der Waals surface area contributed by atoms with Gasteiger partial charge in [0, 0.05) is 10.7 Å². The molecular weight excluding hydrogens is 272 g/mol. The van der Waals surface area contributed by atoms with Crippen LogP contribution in [0.2, 0.25) is 0 Å². The quantitative estimate of drug-likeness (QED) is 0.873. The van der Waals surface area contributed by atoms with Crippen LogP contribution in [0.5, 0.6) is 0 Å². The highest BCUT2D eigenvalue weighted by Crippen LogP contribution is 2.26. The fraction of sp³-hybridized carbons (Fsp3) is 0.500. The molecule has 2 aromatic heterocycles. The van der Waals surface area contributed by atoms with Gasteiger partial charge in [-0.15, -0.1) is 0 Å². The Hall–Kier alpha value is -1.17. The summed E-state index contributed by atoms with van der Waals surface area (Å²) in [7, 11) is 0. The first-order valence-corrected chi connectivity index (χ1v) is 6.13. The van der Waals surface area contributed by atoms with E-state index >= 15 is 0 Å². The van der Waals surface area contributed by atoms with E-state index in [1.165, 1.54) is 4.52 Å². The van der Waals surface area contributed by atoms with Crippen LogP contribution in [0.4, 0.5) is 0 Å². The molecule has 0 bridgehead atoms. The van der Waals surface area contributed by atoms with Crippen LogP contribution in [0.25, 0.3) is 5.65 Å². The average molecular weight is 285 g/mol. The number of halogens is 1. The van der Waals surface area contributed by atoms with E-state index in [-0.39, 0.29) is 5.69 Å². The minimum absolute atomic E-state index is 0.297. The number of nitrogens with one attached hydrogen (secondary N) is 1. The first-order chi connectivity index (χ1) is 7.63. The highest BCUT2D eigenvalue weighted by atomic mass is 79.9. The van der Waals surface area contributed by atoms with E-state index in [2.05, 4.69) is 45.1 Å². The standard InChI is InChI=1S/C10H13BrN4O/c1-3-7(6(2)11)8-4-5-9-12-13-10(16)15(9)14-8/h4-7H,3H2,1-2H3,(H,13,16). The summed E-state index contributed by atoms with van der Waals surface area (Å²) in [6, 6.07) is 3.72. The Morgan fingerprint density at radius 3 is 2.94 bits per heavy atom. The smallest absolute Gasteiger partial charge is 0.244 e. The number of aromatic amines is 1. The fourth-order valence-electron chi connectivity index (χ4n) is 1.78. The summed E-state index contributed by atoms with van der Waals surface area (Å²) in [5.74, 6) is 0.297. The van der Waals surface area contributed by atoms with Crippen molar-refractivity contribution >= 4 is 21.6 Å². The van der Waals surface area contributed by atoms with Gasteiger partial charge in [0.05, 0.1) is 5.69 Å². The van der Waals surface area contributed by atoms with Crippen LogP contribution in [0, 0.1) is 0 Å². The number of rotatable bonds is 3. The minimum Gasteiger partial charge on any atom is -0.244 e. The summed E-state index contributed by atoms with van der Waals surface area (Å²) in [6.07, 6.45) is 0.970. The van der Waals surface area contributed by atoms with Crippen molar-refractivity contribution in [3.05, 3.63) is 28.3 Å². The van der Waals surface area contributed by atoms with Gasteiger partial charge in [-0.2, -0.15) is 14.7 Å². The van der Waals surface area contributed by atoms with Crippen LogP contribution in [-0.2, 0) is 0 Å². The molecule has 0 spiro atoms. The number of fused-ring (bicyclic) bond motifs is 1. The maximum absolute atomic E-state index is 11.4. The highest BCUT2D eigenvalue weighted by Gasteiger charge is 2.17. The molecule has 0 aliphatic carbocycles. The van der Waals surface area contributed by atoms with Gasteiger partial charge in [0.1, 0.15) is 0 Å². The number of H-pyrrole nitrogens is 1. The van der Waals surface area contributed by atoms with Crippen LogP contribution < -0.4 is 5.69 Å². The van der Waals surface area contributed by atoms with Gasteiger partial charge in [-0.05, 0) is 18.6 Å². The number of alkyl halides is 1. The van der Waals surface area contributed by atoms with Gasteiger partial charge in [-0.25, -0.2) is 9.89 Å². The van der Waals surface area contributed by atoms with E-state index in [1.54, 1.807) is 6.07 Å². The second-order valence-electron chi connectivity index (χ2n) is 3.75. The van der Waals surface area contributed by atoms with Crippen LogP contribution >= 0.6 is 15.9 Å². The van der Waals surface area contributed by atoms with Crippen molar-refractivity contribution in [2.75, 3.05) is 0 Å². The lowest BCUT2D eigenvalue weighted by Crippen LogP contribution is -2.17. The first kappa shape index (κ1) is 11.3. The molecule has 2 heterocycles. The third kappa shape index (κ3) is 1.89. The van der Waals surface area contributed by atoms with Crippen LogP contribution in [0.3, 0.4) is 0 Å². The second kappa shape index (κ2) is 4.37. The molecule has 0 saturated carbocycles. The van der Waals surface area contributed by atoms with Crippen LogP contribution in [-0.4, -0.2) is 24.6 Å². The molecule has 1 N–H and O–H groups in total. The molecular formula is C10H13BrN4O. The van der Waals surface area contributed by atoms with Gasteiger partial charge in [0.15, 0.2) is 5.65 Å². The zero-order valence-electron chi connectivity index (χ0n) is 9.14. The summed E-state index contributed by atoms with van der Waals surface area (Å²) in [5, 5.41) is 10.5. The van der Waals surface area contributed by atoms with E-state index in [0.717, 1.165) is 12.1 Å². The summed E-state index contributed by atoms with van der Waals surface area (Å²) < 4.78 is 1.30. The predicted octanol–water partition coefficient (Wildman–Crippen LogP) is 1.69. The zero-order valence-corrected chi connectivity index (χ0v) is 10.7. The summed E-state index contributed by atoms with van der Waals surface area (Å²) in [6.45, 7) is 4.19. The molecule has 0 aliphatic rings. The SMILES string of the molecule is CCC(c1ccc2n[nH]c(=O)n2n1)C(C)Br. The molecule has 0 radical (unpaired) electrons. The number of aromatic nitrogens is 4. The molecule has 16 heavy (non-hydrogen) atoms. The van der Waals surface area contributed by atoms with Crippen molar-refractivity contribution in [2.24, 2.45) is 0 Å². The third-order valence-corrected chi connectivity index (χ3v) is 3.31. The van der Waals surface area contributed by atoms with Crippen molar-refractivity contribution in [3.8, 4) is 0 Å². The molecule has 5 nitrogen and oxygen atoms in total. The first-order valence-electron chi connectivity index (χ1n) is 5.22. The van der Waals surface area contributed by atoms with E-state index in [0.29, 0.717) is 16.4 Å². The lowest BCUT2D eigenvalue weighted by atomic mass is 9.99. The Bertz CT molecular complexity index is 545. The fourth-order valence-corrected chi connectivity index (χ4v) is 2.43. The molecule has 2 unspecified atom stereocenters. The molecule has 0 aromatic carbocycles. The van der Waals surface area contributed by atoms with Gasteiger partial charge in [-0.1, -0.05) is 29.8 Å². The van der Waals surface area contributed by atoms with E-state index in [1.807, 2.05) is 6.07 Å². The Labute approximate surface area is 101 Å². The number of nitrogens with zero attached hydrogens (tertiary/aromatic N) is 3. The van der Waals surface area contributed by atoms with Gasteiger partial charge < -0.3 is 0 Å². The van der Waals surface area contributed by atoms with Gasteiger partial charge in [0.25, 0.3) is 0 Å². The molecule has 2 aromatic rings. The topological polar surface area (TPSA) is 63.0 Å². The largest absolute Gasteiger partial charge is 0.364 e. The normalized spacial score (nSPS) is 15.2. The Morgan fingerprint density at radius 1 is 1.56 bits per heavy atom. The Balaban J connectivity index is 2.52. The second-order valence-corrected chi connectivity index (χ2v) is 5.19. The molecule has 86 valence electrons. The van der Waals surface area contributed by atoms with Crippen molar-refractivity contribution < 1.29 is 0 Å². The lowest BCUT2D eigenvalue weighted by molar-refractivity contribution is 0.623. The lowest BCUT2D eigenvalue weighted by Gasteiger charge is -2.16. The summed E-state index contributed by atoms with van der Waals surface area (Å²) in [4.78, 5) is 11.7. The van der Waals surface area contributed by atoms with Crippen molar-refractivity contribution in [3.63, 3.8) is 0 Å². The highest BCUT2D eigenvalue weighted by molar-refractivity contribution is 9.09. The van der Waals surface area contributed by atoms with Crippen molar-refractivity contribution in [2.45, 2.75) is 31.0 Å². The molecule has 2 rings (SSSR count). The molecule has 0 saturated heterocycles. The van der Waals surface area contributed by atoms with Gasteiger partial charge in [0.2, 0.25) is 0 Å². The van der Waals surface area contributed by atoms with Crippen molar-refractivity contribution in [1.82, 2.24) is 19.8 Å². The Kier molecular flexibility index (Phi) is 3.09. The van der Waals surface area contributed by atoms with Crippen molar-refractivity contribution in [1.29, 1.82) is 0 Å². The van der Waals surface area contributed by atoms with E-state index < -0.39 is 0 Å². The molecule has 0 aliphatic heterocycles. The number of hydrogen-bond donors (Lipinski definition) is 1. The summed E-state index contributed by atoms with van der Waals surface area (Å²) in [5.41, 5.74) is 1.16. The number of hydrogen-bond acceptors (Lipinski definition) is 3. The molecule has 2 atom stereocenters. The molecule has 0 amide bonds.